The van der Waals surface area contributed by atoms with Crippen molar-refractivity contribution in [3.8, 4) is 11.6 Å². The second-order valence-corrected chi connectivity index (χ2v) is 12.8. The van der Waals surface area contributed by atoms with Gasteiger partial charge in [-0.15, -0.1) is 5.10 Å². The first kappa shape index (κ1) is 32.8. The molecule has 0 saturated carbocycles. The number of amides is 3. The van der Waals surface area contributed by atoms with E-state index in [4.69, 9.17) is 19.9 Å². The Hall–Kier alpha value is -4.09. The molecule has 1 aliphatic carbocycles. The number of rotatable bonds is 5. The molecule has 2 heterocycles. The topological polar surface area (TPSA) is 141 Å². The largest absolute Gasteiger partial charge is 0.474 e. The lowest BCUT2D eigenvalue weighted by atomic mass is 9.72. The fourth-order valence-corrected chi connectivity index (χ4v) is 5.50. The Balaban J connectivity index is 0.000000281. The third kappa shape index (κ3) is 8.51. The van der Waals surface area contributed by atoms with Gasteiger partial charge in [0.25, 0.3) is 0 Å². The standard InChI is InChI=1S/C21H29N5O5.C12H16O/c1-14-17(23-19(22)27)26(15-8-6-5-7-9-15)24-18(14)30-13-16-12-25(10-11-29-16)20(28)31-21(2,3)4;1-12(2)8-10(13)7-9-5-3-4-6-11(9)12/h5-9,16H,10-13H2,1-4H3,(H3,22,23,27);3-6,10,13H,7-8H2,1-2H3. The number of para-hydroxylation sites is 1. The maximum absolute atomic E-state index is 12.3. The lowest BCUT2D eigenvalue weighted by molar-refractivity contribution is -0.0562. The molecular formula is C33H45N5O6. The fraction of sp³-hybridized carbons (Fsp3) is 0.485. The highest BCUT2D eigenvalue weighted by molar-refractivity contribution is 5.88. The van der Waals surface area contributed by atoms with Gasteiger partial charge in [0, 0.05) is 6.54 Å². The van der Waals surface area contributed by atoms with Crippen molar-refractivity contribution in [2.45, 2.75) is 77.6 Å². The van der Waals surface area contributed by atoms with E-state index >= 15 is 0 Å². The summed E-state index contributed by atoms with van der Waals surface area (Å²) in [7, 11) is 0. The average Bonchev–Trinajstić information content (AvgIpc) is 3.25. The van der Waals surface area contributed by atoms with Gasteiger partial charge in [0.1, 0.15) is 24.1 Å². The van der Waals surface area contributed by atoms with E-state index in [2.05, 4.69) is 42.5 Å². The van der Waals surface area contributed by atoms with Crippen molar-refractivity contribution in [2.24, 2.45) is 5.73 Å². The smallest absolute Gasteiger partial charge is 0.410 e. The van der Waals surface area contributed by atoms with Crippen LogP contribution in [0, 0.1) is 6.92 Å². The normalized spacial score (nSPS) is 19.2. The number of nitrogens with one attached hydrogen (secondary N) is 1. The van der Waals surface area contributed by atoms with Crippen LogP contribution in [0.3, 0.4) is 0 Å². The van der Waals surface area contributed by atoms with E-state index < -0.39 is 11.6 Å². The number of hydrogen-bond donors (Lipinski definition) is 3. The maximum Gasteiger partial charge on any atom is 0.410 e. The summed E-state index contributed by atoms with van der Waals surface area (Å²) in [5, 5.41) is 16.8. The zero-order valence-corrected chi connectivity index (χ0v) is 26.5. The van der Waals surface area contributed by atoms with Crippen molar-refractivity contribution in [3.63, 3.8) is 0 Å². The highest BCUT2D eigenvalue weighted by Crippen LogP contribution is 2.36. The number of aromatic nitrogens is 2. The number of benzene rings is 2. The zero-order chi connectivity index (χ0) is 32.1. The van der Waals surface area contributed by atoms with E-state index in [-0.39, 0.29) is 30.3 Å². The molecule has 1 saturated heterocycles. The van der Waals surface area contributed by atoms with Crippen LogP contribution in [-0.4, -0.2) is 76.0 Å². The first-order valence-corrected chi connectivity index (χ1v) is 14.9. The van der Waals surface area contributed by atoms with Gasteiger partial charge < -0.3 is 30.0 Å². The summed E-state index contributed by atoms with van der Waals surface area (Å²) < 4.78 is 18.6. The van der Waals surface area contributed by atoms with Gasteiger partial charge in [-0.25, -0.2) is 14.3 Å². The van der Waals surface area contributed by atoms with Crippen molar-refractivity contribution in [2.75, 3.05) is 31.6 Å². The summed E-state index contributed by atoms with van der Waals surface area (Å²) in [6.45, 7) is 13.0. The molecule has 2 aliphatic rings. The lowest BCUT2D eigenvalue weighted by Crippen LogP contribution is -2.49. The molecule has 11 heteroatoms. The molecule has 1 aromatic heterocycles. The summed E-state index contributed by atoms with van der Waals surface area (Å²) in [6, 6.07) is 17.1. The number of morpholine rings is 1. The van der Waals surface area contributed by atoms with Gasteiger partial charge in [-0.1, -0.05) is 56.3 Å². The summed E-state index contributed by atoms with van der Waals surface area (Å²) in [6.07, 6.45) is 0.821. The molecule has 0 bridgehead atoms. The minimum Gasteiger partial charge on any atom is -0.474 e. The molecule has 1 fully saturated rings. The molecule has 2 aromatic carbocycles. The van der Waals surface area contributed by atoms with Crippen LogP contribution in [0.25, 0.3) is 5.69 Å². The number of aliphatic hydroxyl groups is 1. The van der Waals surface area contributed by atoms with E-state index in [0.29, 0.717) is 37.0 Å². The summed E-state index contributed by atoms with van der Waals surface area (Å²) in [4.78, 5) is 25.4. The van der Waals surface area contributed by atoms with Crippen LogP contribution < -0.4 is 15.8 Å². The Bertz CT molecular complexity index is 1430. The Morgan fingerprint density at radius 1 is 1.14 bits per heavy atom. The fourth-order valence-electron chi connectivity index (χ4n) is 5.50. The van der Waals surface area contributed by atoms with Crippen LogP contribution >= 0.6 is 0 Å². The molecule has 3 aromatic rings. The predicted molar refractivity (Wildman–Crippen MR) is 168 cm³/mol. The van der Waals surface area contributed by atoms with Crippen LogP contribution in [0.4, 0.5) is 15.4 Å². The monoisotopic (exact) mass is 607 g/mol. The number of primary amides is 1. The molecule has 1 aliphatic heterocycles. The van der Waals surface area contributed by atoms with E-state index in [1.807, 2.05) is 57.2 Å². The van der Waals surface area contributed by atoms with Gasteiger partial charge in [-0.3, -0.25) is 5.32 Å². The van der Waals surface area contributed by atoms with Crippen molar-refractivity contribution in [1.29, 1.82) is 0 Å². The molecule has 0 spiro atoms. The van der Waals surface area contributed by atoms with Gasteiger partial charge in [0.15, 0.2) is 0 Å². The average molecular weight is 608 g/mol. The van der Waals surface area contributed by atoms with Crippen molar-refractivity contribution < 1.29 is 28.9 Å². The van der Waals surface area contributed by atoms with Crippen LogP contribution in [0.1, 0.15) is 57.7 Å². The molecule has 2 unspecified atom stereocenters. The van der Waals surface area contributed by atoms with Crippen LogP contribution in [0.2, 0.25) is 0 Å². The van der Waals surface area contributed by atoms with Crippen molar-refractivity contribution >= 4 is 17.9 Å². The highest BCUT2D eigenvalue weighted by Gasteiger charge is 2.32. The summed E-state index contributed by atoms with van der Waals surface area (Å²) >= 11 is 0. The second-order valence-electron chi connectivity index (χ2n) is 12.8. The molecular weight excluding hydrogens is 562 g/mol. The molecule has 11 nitrogen and oxygen atoms in total. The third-order valence-electron chi connectivity index (χ3n) is 7.47. The first-order chi connectivity index (χ1) is 20.7. The number of carbonyl (C=O) groups is 2. The van der Waals surface area contributed by atoms with Gasteiger partial charge in [0.2, 0.25) is 5.88 Å². The molecule has 3 amide bonds. The Labute approximate surface area is 259 Å². The minimum atomic E-state index is -0.699. The molecule has 44 heavy (non-hydrogen) atoms. The molecule has 2 atom stereocenters. The number of carbonyl (C=O) groups excluding carboxylic acids is 2. The van der Waals surface area contributed by atoms with E-state index in [0.717, 1.165) is 18.5 Å². The third-order valence-corrected chi connectivity index (χ3v) is 7.47. The Morgan fingerprint density at radius 2 is 1.82 bits per heavy atom. The molecule has 0 radical (unpaired) electrons. The van der Waals surface area contributed by atoms with Crippen molar-refractivity contribution in [3.05, 3.63) is 71.3 Å². The number of nitrogens with two attached hydrogens (primary N) is 1. The van der Waals surface area contributed by atoms with Gasteiger partial charge >= 0.3 is 12.1 Å². The Morgan fingerprint density at radius 3 is 2.50 bits per heavy atom. The van der Waals surface area contributed by atoms with E-state index in [1.54, 1.807) is 16.5 Å². The van der Waals surface area contributed by atoms with Crippen LogP contribution in [0.5, 0.6) is 5.88 Å². The number of aliphatic hydroxyl groups excluding tert-OH is 1. The number of ether oxygens (including phenoxy) is 3. The SMILES string of the molecule is CC1(C)CC(O)Cc2ccccc21.Cc1c(OCC2CN(C(=O)OC(C)(C)C)CCO2)nn(-c2ccccc2)c1NC(N)=O. The molecule has 5 rings (SSSR count). The summed E-state index contributed by atoms with van der Waals surface area (Å²) in [5.41, 5.74) is 8.98. The number of anilines is 1. The van der Waals surface area contributed by atoms with Crippen LogP contribution in [0.15, 0.2) is 54.6 Å². The maximum atomic E-state index is 12.3. The summed E-state index contributed by atoms with van der Waals surface area (Å²) in [5.74, 6) is 0.763. The quantitative estimate of drug-likeness (QED) is 0.372. The highest BCUT2D eigenvalue weighted by atomic mass is 16.6. The van der Waals surface area contributed by atoms with Gasteiger partial charge in [-0.05, 0) is 69.2 Å². The molecule has 4 N–H and O–H groups in total. The first-order valence-electron chi connectivity index (χ1n) is 14.9. The van der Waals surface area contributed by atoms with Gasteiger partial charge in [0.05, 0.1) is 30.5 Å². The molecule has 238 valence electrons. The zero-order valence-electron chi connectivity index (χ0n) is 26.5. The number of nitrogens with zero attached hydrogens (tertiary/aromatic N) is 3. The number of urea groups is 1. The minimum absolute atomic E-state index is 0.133. The van der Waals surface area contributed by atoms with Crippen molar-refractivity contribution in [1.82, 2.24) is 14.7 Å². The van der Waals surface area contributed by atoms with E-state index in [9.17, 15) is 14.7 Å². The number of fused-ring (bicyclic) bond motifs is 1. The lowest BCUT2D eigenvalue weighted by Gasteiger charge is -2.35. The van der Waals surface area contributed by atoms with Gasteiger partial charge in [-0.2, -0.15) is 0 Å². The van der Waals surface area contributed by atoms with Crippen LogP contribution in [-0.2, 0) is 21.3 Å². The Kier molecular flexibility index (Phi) is 10.2. The second kappa shape index (κ2) is 13.7. The predicted octanol–water partition coefficient (Wildman–Crippen LogP) is 4.96. The van der Waals surface area contributed by atoms with E-state index in [1.165, 1.54) is 11.1 Å². The number of hydrogen-bond acceptors (Lipinski definition) is 7.